The summed E-state index contributed by atoms with van der Waals surface area (Å²) >= 11 is 6.76. The third-order valence-corrected chi connectivity index (χ3v) is 2.48. The van der Waals surface area contributed by atoms with E-state index in [1.807, 2.05) is 18.2 Å². The minimum atomic E-state index is 0.427. The lowest BCUT2D eigenvalue weighted by Gasteiger charge is -2.04. The summed E-state index contributed by atoms with van der Waals surface area (Å²) in [4.78, 5) is 0. The van der Waals surface area contributed by atoms with Crippen molar-refractivity contribution >= 4 is 31.9 Å². The maximum absolute atomic E-state index is 5.39. The Morgan fingerprint density at radius 1 is 1.38 bits per heavy atom. The molecule has 1 aromatic carbocycles. The van der Waals surface area contributed by atoms with E-state index >= 15 is 0 Å². The van der Waals surface area contributed by atoms with Crippen molar-refractivity contribution in [2.75, 3.05) is 6.61 Å². The molecule has 0 saturated carbocycles. The first-order chi connectivity index (χ1) is 6.24. The highest BCUT2D eigenvalue weighted by molar-refractivity contribution is 9.11. The summed E-state index contributed by atoms with van der Waals surface area (Å²) in [6, 6.07) is 5.76. The van der Waals surface area contributed by atoms with Crippen molar-refractivity contribution in [2.24, 2.45) is 0 Å². The third kappa shape index (κ3) is 3.41. The van der Waals surface area contributed by atoms with Gasteiger partial charge in [0.25, 0.3) is 0 Å². The zero-order chi connectivity index (χ0) is 9.68. The Morgan fingerprint density at radius 2 is 2.15 bits per heavy atom. The van der Waals surface area contributed by atoms with Gasteiger partial charge in [-0.15, -0.1) is 5.92 Å². The second-order valence-electron chi connectivity index (χ2n) is 2.29. The topological polar surface area (TPSA) is 9.23 Å². The molecule has 3 heteroatoms. The van der Waals surface area contributed by atoms with Crippen LogP contribution in [0, 0.1) is 11.8 Å². The Balaban J connectivity index is 2.70. The fourth-order valence-corrected chi connectivity index (χ4v) is 1.94. The number of hydrogen-bond donors (Lipinski definition) is 0. The molecule has 13 heavy (non-hydrogen) atoms. The van der Waals surface area contributed by atoms with Crippen molar-refractivity contribution in [3.8, 4) is 17.6 Å². The van der Waals surface area contributed by atoms with Crippen LogP contribution in [0.2, 0.25) is 0 Å². The summed E-state index contributed by atoms with van der Waals surface area (Å²) in [7, 11) is 0. The van der Waals surface area contributed by atoms with Crippen LogP contribution in [0.5, 0.6) is 5.75 Å². The highest BCUT2D eigenvalue weighted by Crippen LogP contribution is 2.27. The van der Waals surface area contributed by atoms with E-state index in [-0.39, 0.29) is 0 Å². The van der Waals surface area contributed by atoms with Crippen molar-refractivity contribution in [3.63, 3.8) is 0 Å². The van der Waals surface area contributed by atoms with E-state index in [1.54, 1.807) is 6.92 Å². The van der Waals surface area contributed by atoms with E-state index in [0.29, 0.717) is 6.61 Å². The standard InChI is InChI=1S/C10H8Br2O/c1-2-3-6-13-10-5-4-8(11)7-9(10)12/h4-5,7H,6H2,1H3. The van der Waals surface area contributed by atoms with Crippen LogP contribution < -0.4 is 4.74 Å². The Labute approximate surface area is 94.7 Å². The van der Waals surface area contributed by atoms with Crippen LogP contribution in [0.4, 0.5) is 0 Å². The first-order valence-corrected chi connectivity index (χ1v) is 5.30. The Kier molecular flexibility index (Phi) is 4.34. The van der Waals surface area contributed by atoms with Crippen molar-refractivity contribution in [1.82, 2.24) is 0 Å². The molecule has 0 amide bonds. The van der Waals surface area contributed by atoms with E-state index in [4.69, 9.17) is 4.74 Å². The lowest BCUT2D eigenvalue weighted by molar-refractivity contribution is 0.368. The summed E-state index contributed by atoms with van der Waals surface area (Å²) in [5, 5.41) is 0. The van der Waals surface area contributed by atoms with Gasteiger partial charge in [0, 0.05) is 4.47 Å². The Hall–Kier alpha value is -0.460. The average Bonchev–Trinajstić information content (AvgIpc) is 2.09. The number of benzene rings is 1. The quantitative estimate of drug-likeness (QED) is 0.758. The molecule has 0 aliphatic carbocycles. The normalized spacial score (nSPS) is 8.85. The molecular formula is C10H8Br2O. The lowest BCUT2D eigenvalue weighted by atomic mass is 10.3. The van der Waals surface area contributed by atoms with Crippen LogP contribution in [-0.2, 0) is 0 Å². The number of rotatable bonds is 2. The second kappa shape index (κ2) is 5.31. The van der Waals surface area contributed by atoms with Gasteiger partial charge in [0.2, 0.25) is 0 Å². The largest absolute Gasteiger partial charge is 0.480 e. The summed E-state index contributed by atoms with van der Waals surface area (Å²) < 4.78 is 7.34. The van der Waals surface area contributed by atoms with E-state index < -0.39 is 0 Å². The smallest absolute Gasteiger partial charge is 0.149 e. The molecule has 0 saturated heterocycles. The van der Waals surface area contributed by atoms with Gasteiger partial charge in [-0.3, -0.25) is 0 Å². The first-order valence-electron chi connectivity index (χ1n) is 3.71. The molecule has 0 aliphatic rings. The van der Waals surface area contributed by atoms with Crippen molar-refractivity contribution in [2.45, 2.75) is 6.92 Å². The van der Waals surface area contributed by atoms with Gasteiger partial charge in [-0.2, -0.15) is 0 Å². The number of halogens is 2. The van der Waals surface area contributed by atoms with Crippen LogP contribution >= 0.6 is 31.9 Å². The van der Waals surface area contributed by atoms with E-state index in [2.05, 4.69) is 43.7 Å². The molecule has 1 aromatic rings. The van der Waals surface area contributed by atoms with Gasteiger partial charge < -0.3 is 4.74 Å². The lowest BCUT2D eigenvalue weighted by Crippen LogP contribution is -1.94. The molecule has 1 rings (SSSR count). The maximum Gasteiger partial charge on any atom is 0.149 e. The van der Waals surface area contributed by atoms with Gasteiger partial charge in [0.15, 0.2) is 0 Å². The van der Waals surface area contributed by atoms with Gasteiger partial charge in [0.05, 0.1) is 4.47 Å². The molecule has 68 valence electrons. The molecule has 0 radical (unpaired) electrons. The van der Waals surface area contributed by atoms with E-state index in [9.17, 15) is 0 Å². The molecule has 0 unspecified atom stereocenters. The summed E-state index contributed by atoms with van der Waals surface area (Å²) in [6.45, 7) is 2.22. The van der Waals surface area contributed by atoms with Crippen LogP contribution in [0.3, 0.4) is 0 Å². The highest BCUT2D eigenvalue weighted by Gasteiger charge is 1.99. The Bertz CT molecular complexity index is 350. The van der Waals surface area contributed by atoms with Crippen molar-refractivity contribution < 1.29 is 4.74 Å². The number of hydrogen-bond acceptors (Lipinski definition) is 1. The third-order valence-electron chi connectivity index (χ3n) is 1.37. The van der Waals surface area contributed by atoms with Crippen LogP contribution in [-0.4, -0.2) is 6.61 Å². The first kappa shape index (κ1) is 10.6. The van der Waals surface area contributed by atoms with Crippen molar-refractivity contribution in [1.29, 1.82) is 0 Å². The summed E-state index contributed by atoms with van der Waals surface area (Å²) in [5.41, 5.74) is 0. The Morgan fingerprint density at radius 3 is 2.77 bits per heavy atom. The summed E-state index contributed by atoms with van der Waals surface area (Å²) in [5.74, 6) is 6.41. The van der Waals surface area contributed by atoms with Gasteiger partial charge in [-0.05, 0) is 41.1 Å². The van der Waals surface area contributed by atoms with Crippen molar-refractivity contribution in [3.05, 3.63) is 27.1 Å². The van der Waals surface area contributed by atoms with Gasteiger partial charge in [0.1, 0.15) is 12.4 Å². The van der Waals surface area contributed by atoms with Gasteiger partial charge in [-0.25, -0.2) is 0 Å². The zero-order valence-corrected chi connectivity index (χ0v) is 10.3. The predicted molar refractivity (Wildman–Crippen MR) is 60.8 cm³/mol. The molecule has 0 spiro atoms. The molecule has 0 aromatic heterocycles. The second-order valence-corrected chi connectivity index (χ2v) is 4.06. The fraction of sp³-hybridized carbons (Fsp3) is 0.200. The molecule has 0 N–H and O–H groups in total. The zero-order valence-electron chi connectivity index (χ0n) is 7.10. The average molecular weight is 304 g/mol. The minimum Gasteiger partial charge on any atom is -0.480 e. The summed E-state index contributed by atoms with van der Waals surface area (Å²) in [6.07, 6.45) is 0. The van der Waals surface area contributed by atoms with E-state index in [0.717, 1.165) is 14.7 Å². The molecular weight excluding hydrogens is 296 g/mol. The highest BCUT2D eigenvalue weighted by atomic mass is 79.9. The molecule has 0 heterocycles. The predicted octanol–water partition coefficient (Wildman–Crippen LogP) is 3.61. The van der Waals surface area contributed by atoms with Gasteiger partial charge >= 0.3 is 0 Å². The number of ether oxygens (including phenoxy) is 1. The monoisotopic (exact) mass is 302 g/mol. The molecule has 1 nitrogen and oxygen atoms in total. The maximum atomic E-state index is 5.39. The van der Waals surface area contributed by atoms with Crippen LogP contribution in [0.1, 0.15) is 6.92 Å². The van der Waals surface area contributed by atoms with Gasteiger partial charge in [-0.1, -0.05) is 21.9 Å². The molecule has 0 aliphatic heterocycles. The van der Waals surface area contributed by atoms with E-state index in [1.165, 1.54) is 0 Å². The molecule has 0 fully saturated rings. The molecule has 0 atom stereocenters. The van der Waals surface area contributed by atoms with Crippen LogP contribution in [0.25, 0.3) is 0 Å². The van der Waals surface area contributed by atoms with Crippen LogP contribution in [0.15, 0.2) is 27.1 Å². The fourth-order valence-electron chi connectivity index (χ4n) is 0.778. The minimum absolute atomic E-state index is 0.427. The SMILES string of the molecule is CC#CCOc1ccc(Br)cc1Br. The molecule has 0 bridgehead atoms.